The van der Waals surface area contributed by atoms with Gasteiger partial charge in [-0.15, -0.1) is 0 Å². The highest BCUT2D eigenvalue weighted by molar-refractivity contribution is 5.80. The lowest BCUT2D eigenvalue weighted by molar-refractivity contribution is 0.155. The monoisotopic (exact) mass is 334 g/mol. The Bertz CT molecular complexity index is 513. The van der Waals surface area contributed by atoms with E-state index in [0.717, 1.165) is 51.0 Å². The minimum atomic E-state index is 0.676. The second-order valence-corrected chi connectivity index (χ2v) is 5.61. The molecule has 1 saturated heterocycles. The number of rotatable bonds is 7. The number of guanidine groups is 1. The maximum atomic E-state index is 5.37. The summed E-state index contributed by atoms with van der Waals surface area (Å²) >= 11 is 0. The molecule has 1 aliphatic rings. The van der Waals surface area contributed by atoms with Crippen molar-refractivity contribution in [3.63, 3.8) is 0 Å². The predicted molar refractivity (Wildman–Crippen MR) is 99.3 cm³/mol. The minimum Gasteiger partial charge on any atom is -0.497 e. The first kappa shape index (κ1) is 18.4. The summed E-state index contributed by atoms with van der Waals surface area (Å²) in [5.41, 5.74) is 1.22. The number of hydrogen-bond acceptors (Lipinski definition) is 4. The summed E-state index contributed by atoms with van der Waals surface area (Å²) in [7, 11) is 1.71. The lowest BCUT2D eigenvalue weighted by Gasteiger charge is -2.37. The molecule has 1 aromatic carbocycles. The molecule has 1 aromatic rings. The number of piperazine rings is 1. The van der Waals surface area contributed by atoms with Gasteiger partial charge in [0.05, 0.1) is 20.3 Å². The van der Waals surface area contributed by atoms with E-state index in [9.17, 15) is 0 Å². The molecule has 0 unspecified atom stereocenters. The molecule has 1 N–H and O–H groups in total. The molecule has 6 heteroatoms. The van der Waals surface area contributed by atoms with E-state index < -0.39 is 0 Å². The van der Waals surface area contributed by atoms with Crippen LogP contribution in [0.5, 0.6) is 5.75 Å². The SMILES string of the molecule is CCNC(=NCCOCC)N1CCN(c2cccc(OC)c2)CC1. The Labute approximate surface area is 145 Å². The number of methoxy groups -OCH3 is 1. The second kappa shape index (κ2) is 10.0. The molecule has 1 fully saturated rings. The highest BCUT2D eigenvalue weighted by Crippen LogP contribution is 2.22. The van der Waals surface area contributed by atoms with Gasteiger partial charge in [0, 0.05) is 51.1 Å². The van der Waals surface area contributed by atoms with Gasteiger partial charge in [-0.2, -0.15) is 0 Å². The van der Waals surface area contributed by atoms with E-state index in [-0.39, 0.29) is 0 Å². The molecular weight excluding hydrogens is 304 g/mol. The standard InChI is InChI=1S/C18H30N4O2/c1-4-19-18(20-9-14-24-5-2)22-12-10-21(11-13-22)16-7-6-8-17(15-16)23-3/h6-8,15H,4-5,9-14H2,1-3H3,(H,19,20). The smallest absolute Gasteiger partial charge is 0.194 e. The molecule has 0 aromatic heterocycles. The van der Waals surface area contributed by atoms with Crippen LogP contribution in [0.1, 0.15) is 13.8 Å². The van der Waals surface area contributed by atoms with E-state index >= 15 is 0 Å². The average molecular weight is 334 g/mol. The van der Waals surface area contributed by atoms with Crippen LogP contribution < -0.4 is 15.0 Å². The molecule has 2 rings (SSSR count). The van der Waals surface area contributed by atoms with Gasteiger partial charge in [-0.25, -0.2) is 0 Å². The van der Waals surface area contributed by atoms with Crippen LogP contribution in [-0.2, 0) is 4.74 Å². The maximum absolute atomic E-state index is 5.37. The lowest BCUT2D eigenvalue weighted by Crippen LogP contribution is -2.52. The van der Waals surface area contributed by atoms with Crippen molar-refractivity contribution in [1.82, 2.24) is 10.2 Å². The largest absolute Gasteiger partial charge is 0.497 e. The third kappa shape index (κ3) is 5.30. The van der Waals surface area contributed by atoms with Crippen LogP contribution in [0, 0.1) is 0 Å². The summed E-state index contributed by atoms with van der Waals surface area (Å²) in [6.07, 6.45) is 0. The topological polar surface area (TPSA) is 49.3 Å². The molecule has 1 aliphatic heterocycles. The molecular formula is C18H30N4O2. The molecule has 0 amide bonds. The summed E-state index contributed by atoms with van der Waals surface area (Å²) in [6, 6.07) is 8.25. The number of nitrogens with one attached hydrogen (secondary N) is 1. The van der Waals surface area contributed by atoms with Crippen molar-refractivity contribution in [2.45, 2.75) is 13.8 Å². The van der Waals surface area contributed by atoms with Crippen molar-refractivity contribution in [2.24, 2.45) is 4.99 Å². The van der Waals surface area contributed by atoms with Crippen LogP contribution in [0.2, 0.25) is 0 Å². The van der Waals surface area contributed by atoms with E-state index in [2.05, 4.69) is 39.2 Å². The zero-order chi connectivity index (χ0) is 17.2. The highest BCUT2D eigenvalue weighted by Gasteiger charge is 2.20. The Morgan fingerprint density at radius 3 is 2.67 bits per heavy atom. The van der Waals surface area contributed by atoms with Gasteiger partial charge >= 0.3 is 0 Å². The van der Waals surface area contributed by atoms with E-state index in [1.54, 1.807) is 7.11 Å². The molecule has 24 heavy (non-hydrogen) atoms. The summed E-state index contributed by atoms with van der Waals surface area (Å²) in [6.45, 7) is 11.0. The van der Waals surface area contributed by atoms with Gasteiger partial charge in [0.2, 0.25) is 0 Å². The fourth-order valence-corrected chi connectivity index (χ4v) is 2.77. The van der Waals surface area contributed by atoms with E-state index in [1.807, 2.05) is 19.1 Å². The minimum absolute atomic E-state index is 0.676. The molecule has 0 saturated carbocycles. The average Bonchev–Trinajstić information content (AvgIpc) is 2.64. The van der Waals surface area contributed by atoms with Crippen LogP contribution in [0.25, 0.3) is 0 Å². The van der Waals surface area contributed by atoms with Gasteiger partial charge in [0.15, 0.2) is 5.96 Å². The van der Waals surface area contributed by atoms with Crippen LogP contribution >= 0.6 is 0 Å². The first-order chi connectivity index (χ1) is 11.8. The summed E-state index contributed by atoms with van der Waals surface area (Å²) in [5, 5.41) is 3.38. The first-order valence-electron chi connectivity index (χ1n) is 8.78. The zero-order valence-electron chi connectivity index (χ0n) is 15.1. The Morgan fingerprint density at radius 2 is 2.00 bits per heavy atom. The fourth-order valence-electron chi connectivity index (χ4n) is 2.77. The quantitative estimate of drug-likeness (QED) is 0.468. The summed E-state index contributed by atoms with van der Waals surface area (Å²) in [5.74, 6) is 1.89. The molecule has 1 heterocycles. The van der Waals surface area contributed by atoms with Gasteiger partial charge in [-0.3, -0.25) is 4.99 Å². The summed E-state index contributed by atoms with van der Waals surface area (Å²) in [4.78, 5) is 9.38. The lowest BCUT2D eigenvalue weighted by atomic mass is 10.2. The number of hydrogen-bond donors (Lipinski definition) is 1. The number of aliphatic imine (C=N–C) groups is 1. The molecule has 0 aliphatic carbocycles. The Kier molecular flexibility index (Phi) is 7.68. The van der Waals surface area contributed by atoms with Crippen molar-refractivity contribution < 1.29 is 9.47 Å². The Balaban J connectivity index is 1.91. The molecule has 134 valence electrons. The number of nitrogens with zero attached hydrogens (tertiary/aromatic N) is 3. The Morgan fingerprint density at radius 1 is 1.21 bits per heavy atom. The predicted octanol–water partition coefficient (Wildman–Crippen LogP) is 1.82. The maximum Gasteiger partial charge on any atom is 0.194 e. The van der Waals surface area contributed by atoms with Gasteiger partial charge in [0.1, 0.15) is 5.75 Å². The molecule has 0 atom stereocenters. The van der Waals surface area contributed by atoms with Crippen molar-refractivity contribution in [3.8, 4) is 5.75 Å². The molecule has 0 spiro atoms. The van der Waals surface area contributed by atoms with Crippen molar-refractivity contribution in [3.05, 3.63) is 24.3 Å². The van der Waals surface area contributed by atoms with Crippen LogP contribution in [0.4, 0.5) is 5.69 Å². The molecule has 6 nitrogen and oxygen atoms in total. The van der Waals surface area contributed by atoms with E-state index in [4.69, 9.17) is 9.47 Å². The Hall–Kier alpha value is -1.95. The number of anilines is 1. The van der Waals surface area contributed by atoms with Crippen molar-refractivity contribution in [1.29, 1.82) is 0 Å². The first-order valence-corrected chi connectivity index (χ1v) is 8.78. The van der Waals surface area contributed by atoms with E-state index in [1.165, 1.54) is 5.69 Å². The highest BCUT2D eigenvalue weighted by atomic mass is 16.5. The number of ether oxygens (including phenoxy) is 2. The number of benzene rings is 1. The van der Waals surface area contributed by atoms with Crippen molar-refractivity contribution in [2.75, 3.05) is 64.5 Å². The molecule has 0 radical (unpaired) electrons. The third-order valence-corrected chi connectivity index (χ3v) is 4.03. The van der Waals surface area contributed by atoms with Crippen molar-refractivity contribution >= 4 is 11.6 Å². The van der Waals surface area contributed by atoms with Gasteiger partial charge in [-0.1, -0.05) is 6.07 Å². The van der Waals surface area contributed by atoms with Gasteiger partial charge in [0.25, 0.3) is 0 Å². The van der Waals surface area contributed by atoms with Gasteiger partial charge < -0.3 is 24.6 Å². The van der Waals surface area contributed by atoms with Crippen LogP contribution in [0.3, 0.4) is 0 Å². The zero-order valence-corrected chi connectivity index (χ0v) is 15.1. The third-order valence-electron chi connectivity index (χ3n) is 4.03. The second-order valence-electron chi connectivity index (χ2n) is 5.61. The molecule has 0 bridgehead atoms. The van der Waals surface area contributed by atoms with Crippen LogP contribution in [0.15, 0.2) is 29.3 Å². The van der Waals surface area contributed by atoms with Crippen LogP contribution in [-0.4, -0.2) is 70.5 Å². The van der Waals surface area contributed by atoms with E-state index in [0.29, 0.717) is 13.2 Å². The fraction of sp³-hybridized carbons (Fsp3) is 0.611. The summed E-state index contributed by atoms with van der Waals surface area (Å²) < 4.78 is 10.7. The van der Waals surface area contributed by atoms with Gasteiger partial charge in [-0.05, 0) is 26.0 Å². The normalized spacial score (nSPS) is 15.5.